The second-order valence-corrected chi connectivity index (χ2v) is 2.42. The molecule has 0 N–H and O–H groups in total. The molecular weight excluding hydrogens is 192 g/mol. The summed E-state index contributed by atoms with van der Waals surface area (Å²) in [5, 5.41) is 0. The molecule has 0 spiro atoms. The van der Waals surface area contributed by atoms with Crippen LogP contribution in [0.2, 0.25) is 0 Å². The Morgan fingerprint density at radius 1 is 0.769 bits per heavy atom. The zero-order chi connectivity index (χ0) is 9.94. The first-order chi connectivity index (χ1) is 6.39. The van der Waals surface area contributed by atoms with E-state index in [0.29, 0.717) is 0 Å². The van der Waals surface area contributed by atoms with Gasteiger partial charge in [0, 0.05) is 0 Å². The van der Waals surface area contributed by atoms with E-state index in [2.05, 4.69) is 24.6 Å². The second kappa shape index (κ2) is 10.7. The maximum Gasteiger partial charge on any atom is -0.0312 e. The van der Waals surface area contributed by atoms with Gasteiger partial charge in [-0.2, -0.15) is 0 Å². The molecule has 0 bridgehead atoms. The van der Waals surface area contributed by atoms with E-state index in [4.69, 9.17) is 0 Å². The van der Waals surface area contributed by atoms with Crippen molar-refractivity contribution in [3.8, 4) is 0 Å². The Bertz CT molecular complexity index is 83.7. The zero-order valence-corrected chi connectivity index (χ0v) is 9.46. The van der Waals surface area contributed by atoms with Crippen molar-refractivity contribution in [1.82, 2.24) is 0 Å². The monoisotopic (exact) mass is 206 g/mol. The predicted octanol–water partition coefficient (Wildman–Crippen LogP) is 2.40. The van der Waals surface area contributed by atoms with Gasteiger partial charge in [0.1, 0.15) is 0 Å². The molecule has 0 saturated heterocycles. The summed E-state index contributed by atoms with van der Waals surface area (Å²) in [5.41, 5.74) is 0. The van der Waals surface area contributed by atoms with Gasteiger partial charge in [-0.05, 0) is 63.7 Å². The van der Waals surface area contributed by atoms with Crippen molar-refractivity contribution in [2.45, 2.75) is 6.92 Å². The first kappa shape index (κ1) is 13.6. The van der Waals surface area contributed by atoms with Crippen LogP contribution < -0.4 is 0 Å². The molecular formula is C12H14Ti. The largest absolute Gasteiger partial charge is 0.0312 e. The first-order valence-corrected chi connectivity index (χ1v) is 5.20. The molecule has 2 saturated carbocycles. The second-order valence-electron chi connectivity index (χ2n) is 2.42. The van der Waals surface area contributed by atoms with E-state index in [-0.39, 0.29) is 0 Å². The van der Waals surface area contributed by atoms with E-state index >= 15 is 0 Å². The van der Waals surface area contributed by atoms with Crippen LogP contribution in [0.5, 0.6) is 0 Å². The average Bonchev–Trinajstić information content (AvgIpc) is 2.81. The Morgan fingerprint density at radius 3 is 1.23 bits per heavy atom. The minimum absolute atomic E-state index is 1.34. The van der Waals surface area contributed by atoms with E-state index in [1.165, 1.54) is 5.92 Å². The van der Waals surface area contributed by atoms with Crippen molar-refractivity contribution in [3.63, 3.8) is 0 Å². The summed E-state index contributed by atoms with van der Waals surface area (Å²) in [6, 6.07) is 0. The Labute approximate surface area is 95.4 Å². The van der Waals surface area contributed by atoms with Crippen LogP contribution >= 0.6 is 0 Å². The molecule has 0 aromatic heterocycles. The SMILES string of the molecule is C[C]1[CH][CH][CH][CH]1.[CH2]=[Ti].[CH]1[CH][CH][CH][CH]1. The van der Waals surface area contributed by atoms with E-state index in [9.17, 15) is 0 Å². The Morgan fingerprint density at radius 2 is 1.08 bits per heavy atom. The fraction of sp³-hybridized carbons (Fsp3) is 0.0833. The third-order valence-electron chi connectivity index (χ3n) is 1.38. The van der Waals surface area contributed by atoms with Crippen molar-refractivity contribution in [3.05, 3.63) is 63.7 Å². The van der Waals surface area contributed by atoms with Gasteiger partial charge in [0.15, 0.2) is 0 Å². The number of hydrogen-bond acceptors (Lipinski definition) is 0. The predicted molar refractivity (Wildman–Crippen MR) is 54.7 cm³/mol. The fourth-order valence-corrected chi connectivity index (χ4v) is 0.791. The zero-order valence-electron chi connectivity index (χ0n) is 7.90. The molecule has 2 aliphatic carbocycles. The fourth-order valence-electron chi connectivity index (χ4n) is 0.791. The van der Waals surface area contributed by atoms with E-state index in [1.54, 1.807) is 20.0 Å². The molecule has 2 aliphatic rings. The topological polar surface area (TPSA) is 0 Å². The minimum atomic E-state index is 1.34. The van der Waals surface area contributed by atoms with E-state index < -0.39 is 0 Å². The molecule has 0 atom stereocenters. The van der Waals surface area contributed by atoms with Gasteiger partial charge < -0.3 is 0 Å². The summed E-state index contributed by atoms with van der Waals surface area (Å²) in [6.45, 7) is 2.08. The van der Waals surface area contributed by atoms with Crippen LogP contribution in [0.25, 0.3) is 0 Å². The van der Waals surface area contributed by atoms with Crippen molar-refractivity contribution in [1.29, 1.82) is 0 Å². The maximum atomic E-state index is 3.25. The van der Waals surface area contributed by atoms with Crippen molar-refractivity contribution < 1.29 is 20.0 Å². The normalized spacial score (nSPS) is 21.2. The minimum Gasteiger partial charge on any atom is -0.0312 e. The van der Waals surface area contributed by atoms with Crippen LogP contribution in [0.4, 0.5) is 0 Å². The van der Waals surface area contributed by atoms with Gasteiger partial charge in [0.05, 0.1) is 0 Å². The number of rotatable bonds is 0. The van der Waals surface area contributed by atoms with Crippen LogP contribution in [0.3, 0.4) is 0 Å². The summed E-state index contributed by atoms with van der Waals surface area (Å²) in [4.78, 5) is 3.25. The summed E-state index contributed by atoms with van der Waals surface area (Å²) in [7, 11) is 0. The Balaban J connectivity index is 0.000000189. The van der Waals surface area contributed by atoms with Crippen LogP contribution in [0.1, 0.15) is 6.92 Å². The smallest absolute Gasteiger partial charge is 0.0312 e. The molecule has 0 amide bonds. The van der Waals surface area contributed by atoms with Crippen LogP contribution in [-0.2, 0) is 20.0 Å². The van der Waals surface area contributed by atoms with Gasteiger partial charge in [0.25, 0.3) is 0 Å². The molecule has 1 heteroatoms. The Kier molecular flexibility index (Phi) is 11.1. The van der Waals surface area contributed by atoms with Gasteiger partial charge in [-0.15, -0.1) is 0 Å². The third-order valence-corrected chi connectivity index (χ3v) is 1.38. The van der Waals surface area contributed by atoms with Gasteiger partial charge in [0.2, 0.25) is 0 Å². The van der Waals surface area contributed by atoms with Crippen molar-refractivity contribution in [2.75, 3.05) is 0 Å². The number of hydrogen-bond donors (Lipinski definition) is 0. The molecule has 2 rings (SSSR count). The molecule has 0 aromatic carbocycles. The molecule has 0 nitrogen and oxygen atoms in total. The summed E-state index contributed by atoms with van der Waals surface area (Å²) in [6.07, 6.45) is 18.2. The summed E-state index contributed by atoms with van der Waals surface area (Å²) in [5.74, 6) is 1.34. The van der Waals surface area contributed by atoms with E-state index in [0.717, 1.165) is 0 Å². The summed E-state index contributed by atoms with van der Waals surface area (Å²) >= 11 is 1.75. The Hall–Kier alpha value is 0.584. The molecule has 10 radical (unpaired) electrons. The van der Waals surface area contributed by atoms with Gasteiger partial charge in [-0.1, -0.05) is 6.92 Å². The van der Waals surface area contributed by atoms with Crippen molar-refractivity contribution in [2.24, 2.45) is 0 Å². The van der Waals surface area contributed by atoms with Crippen LogP contribution in [0.15, 0.2) is 0 Å². The quantitative estimate of drug-likeness (QED) is 0.534. The first-order valence-electron chi connectivity index (χ1n) is 4.10. The molecule has 0 unspecified atom stereocenters. The van der Waals surface area contributed by atoms with Gasteiger partial charge in [-0.3, -0.25) is 0 Å². The molecule has 0 aliphatic heterocycles. The molecule has 2 fully saturated rings. The van der Waals surface area contributed by atoms with Crippen molar-refractivity contribution >= 4 is 4.82 Å². The van der Waals surface area contributed by atoms with E-state index in [1.807, 2.05) is 44.9 Å². The molecule has 0 heterocycles. The average molecular weight is 206 g/mol. The molecule has 13 heavy (non-hydrogen) atoms. The van der Waals surface area contributed by atoms with Crippen LogP contribution in [-0.4, -0.2) is 4.82 Å². The third kappa shape index (κ3) is 8.90. The van der Waals surface area contributed by atoms with Gasteiger partial charge >= 0.3 is 24.8 Å². The molecule has 0 aromatic rings. The standard InChI is InChI=1S/C6H7.C5H5.CH2.Ti/c1-6-4-2-3-5-6;1-2-4-5-3-1;;/h2-5H,1H3;1-5H;1H2;. The summed E-state index contributed by atoms with van der Waals surface area (Å²) < 4.78 is 0. The van der Waals surface area contributed by atoms with Gasteiger partial charge in [-0.25, -0.2) is 0 Å². The van der Waals surface area contributed by atoms with Crippen LogP contribution in [0, 0.1) is 63.7 Å². The maximum absolute atomic E-state index is 3.25. The molecule has 66 valence electrons.